The van der Waals surface area contributed by atoms with E-state index in [0.29, 0.717) is 29.1 Å². The zero-order valence-corrected chi connectivity index (χ0v) is 18.6. The smallest absolute Gasteiger partial charge is 0.249 e. The van der Waals surface area contributed by atoms with E-state index >= 15 is 0 Å². The van der Waals surface area contributed by atoms with Gasteiger partial charge >= 0.3 is 0 Å². The Morgan fingerprint density at radius 1 is 1.26 bits per heavy atom. The van der Waals surface area contributed by atoms with Crippen molar-refractivity contribution in [1.29, 1.82) is 0 Å². The third-order valence-corrected chi connectivity index (χ3v) is 7.22. The molecule has 0 radical (unpaired) electrons. The van der Waals surface area contributed by atoms with Gasteiger partial charge in [-0.15, -0.1) is 0 Å². The van der Waals surface area contributed by atoms with Gasteiger partial charge in [0, 0.05) is 22.4 Å². The molecule has 2 aliphatic rings. The Morgan fingerprint density at radius 3 is 2.71 bits per heavy atom. The number of halogens is 1. The van der Waals surface area contributed by atoms with Gasteiger partial charge in [0.15, 0.2) is 0 Å². The molecule has 1 aliphatic heterocycles. The van der Waals surface area contributed by atoms with Gasteiger partial charge < -0.3 is 10.5 Å². The number of ether oxygens (including phenoxy) is 1. The molecule has 1 aromatic heterocycles. The minimum absolute atomic E-state index is 0.171. The molecule has 2 heterocycles. The summed E-state index contributed by atoms with van der Waals surface area (Å²) >= 11 is 6.12. The molecule has 5 rings (SSSR count). The first-order valence-electron chi connectivity index (χ1n) is 10.7. The Balaban J connectivity index is 1.59. The lowest BCUT2D eigenvalue weighted by Gasteiger charge is -2.37. The molecule has 1 aliphatic carbocycles. The molecular weight excluding hydrogens is 410 g/mol. The summed E-state index contributed by atoms with van der Waals surface area (Å²) < 4.78 is 6.15. The molecule has 0 bridgehead atoms. The van der Waals surface area contributed by atoms with Crippen molar-refractivity contribution in [3.8, 4) is 5.75 Å². The van der Waals surface area contributed by atoms with Crippen molar-refractivity contribution in [2.45, 2.75) is 37.6 Å². The maximum atomic E-state index is 12.3. The van der Waals surface area contributed by atoms with Crippen LogP contribution in [0.15, 0.2) is 42.5 Å². The number of primary amides is 1. The molecular formula is C25H26ClN3O2. The number of hydrogen-bond donors (Lipinski definition) is 1. The lowest BCUT2D eigenvalue weighted by Crippen LogP contribution is -2.48. The van der Waals surface area contributed by atoms with Crippen LogP contribution >= 0.6 is 11.6 Å². The first-order chi connectivity index (χ1) is 14.9. The van der Waals surface area contributed by atoms with Crippen LogP contribution in [-0.2, 0) is 5.41 Å². The van der Waals surface area contributed by atoms with E-state index in [9.17, 15) is 4.79 Å². The van der Waals surface area contributed by atoms with E-state index in [1.54, 1.807) is 6.07 Å². The number of fused-ring (bicyclic) bond motifs is 1. The van der Waals surface area contributed by atoms with Gasteiger partial charge in [0.2, 0.25) is 5.91 Å². The van der Waals surface area contributed by atoms with Crippen molar-refractivity contribution in [3.05, 3.63) is 69.9 Å². The minimum Gasteiger partial charge on any atom is -0.492 e. The number of likely N-dealkylation sites (N-methyl/N-ethyl adjacent to an activating group) is 1. The molecule has 2 N–H and O–H groups in total. The van der Waals surface area contributed by atoms with Crippen molar-refractivity contribution < 1.29 is 9.53 Å². The second-order valence-corrected chi connectivity index (χ2v) is 9.22. The number of carbonyl (C=O) groups excluding carboxylic acids is 1. The second kappa shape index (κ2) is 7.50. The summed E-state index contributed by atoms with van der Waals surface area (Å²) in [6.07, 6.45) is 3.14. The molecule has 1 unspecified atom stereocenters. The number of rotatable bonds is 6. The molecule has 2 aromatic carbocycles. The molecule has 1 atom stereocenters. The van der Waals surface area contributed by atoms with E-state index in [4.69, 9.17) is 22.1 Å². The van der Waals surface area contributed by atoms with Crippen LogP contribution in [0.2, 0.25) is 5.15 Å². The summed E-state index contributed by atoms with van der Waals surface area (Å²) in [7, 11) is 2.10. The lowest BCUT2D eigenvalue weighted by atomic mass is 9.82. The second-order valence-electron chi connectivity index (χ2n) is 8.83. The zero-order chi connectivity index (χ0) is 21.8. The molecule has 31 heavy (non-hydrogen) atoms. The number of nitrogens with zero attached hydrogens (tertiary/aromatic N) is 2. The number of aromatic nitrogens is 1. The number of pyridine rings is 1. The molecule has 160 valence electrons. The van der Waals surface area contributed by atoms with E-state index in [-0.39, 0.29) is 5.41 Å². The number of likely N-dealkylation sites (tertiary alicyclic amines) is 1. The molecule has 1 saturated carbocycles. The average molecular weight is 436 g/mol. The number of amides is 1. The van der Waals surface area contributed by atoms with Gasteiger partial charge in [0.05, 0.1) is 5.52 Å². The fourth-order valence-electron chi connectivity index (χ4n) is 4.85. The van der Waals surface area contributed by atoms with Crippen LogP contribution in [0.1, 0.15) is 46.3 Å². The molecule has 5 nitrogen and oxygen atoms in total. The van der Waals surface area contributed by atoms with E-state index in [2.05, 4.69) is 29.1 Å². The lowest BCUT2D eigenvalue weighted by molar-refractivity contribution is 0.0767. The highest BCUT2D eigenvalue weighted by Gasteiger charge is 2.48. The van der Waals surface area contributed by atoms with Gasteiger partial charge in [0.1, 0.15) is 17.5 Å². The van der Waals surface area contributed by atoms with Crippen molar-refractivity contribution in [2.24, 2.45) is 5.73 Å². The molecule has 0 spiro atoms. The number of hydrogen-bond acceptors (Lipinski definition) is 4. The van der Waals surface area contributed by atoms with Crippen molar-refractivity contribution >= 4 is 28.4 Å². The van der Waals surface area contributed by atoms with Crippen LogP contribution < -0.4 is 10.5 Å². The predicted molar refractivity (Wildman–Crippen MR) is 123 cm³/mol. The molecule has 1 saturated heterocycles. The average Bonchev–Trinajstić information content (AvgIpc) is 3.54. The van der Waals surface area contributed by atoms with E-state index in [1.165, 1.54) is 5.56 Å². The number of carbonyl (C=O) groups is 1. The maximum absolute atomic E-state index is 12.3. The summed E-state index contributed by atoms with van der Waals surface area (Å²) in [4.78, 5) is 19.0. The van der Waals surface area contributed by atoms with Gasteiger partial charge in [-0.25, -0.2) is 4.98 Å². The topological polar surface area (TPSA) is 68.5 Å². The number of benzene rings is 2. The predicted octanol–water partition coefficient (Wildman–Crippen LogP) is 4.46. The van der Waals surface area contributed by atoms with Crippen molar-refractivity contribution in [3.63, 3.8) is 0 Å². The maximum Gasteiger partial charge on any atom is 0.249 e. The SMILES string of the molecule is Cc1c(C(N)=O)cc(OCC2CCN2C)cc1C1(c2cccc3nc(Cl)ccc23)CC1. The van der Waals surface area contributed by atoms with Crippen LogP contribution in [-0.4, -0.2) is 42.0 Å². The van der Waals surface area contributed by atoms with Gasteiger partial charge in [-0.05, 0) is 86.8 Å². The van der Waals surface area contributed by atoms with Crippen LogP contribution in [0, 0.1) is 6.92 Å². The summed E-state index contributed by atoms with van der Waals surface area (Å²) in [6.45, 7) is 3.70. The van der Waals surface area contributed by atoms with Gasteiger partial charge in [0.25, 0.3) is 0 Å². The van der Waals surface area contributed by atoms with Gasteiger partial charge in [-0.1, -0.05) is 23.7 Å². The Labute approximate surface area is 187 Å². The van der Waals surface area contributed by atoms with Crippen LogP contribution in [0.5, 0.6) is 5.75 Å². The summed E-state index contributed by atoms with van der Waals surface area (Å²) in [5.41, 5.74) is 10.2. The Morgan fingerprint density at radius 2 is 2.06 bits per heavy atom. The standard InChI is InChI=1S/C25H26ClN3O2/c1-15-19(24(27)30)12-17(31-14-16-8-11-29(16)2)13-21(15)25(9-10-25)20-4-3-5-22-18(20)6-7-23(26)28-22/h3-7,12-13,16H,8-11,14H2,1-2H3,(H2,27,30). The highest BCUT2D eigenvalue weighted by atomic mass is 35.5. The van der Waals surface area contributed by atoms with Gasteiger partial charge in [-0.3, -0.25) is 9.69 Å². The van der Waals surface area contributed by atoms with Crippen molar-refractivity contribution in [2.75, 3.05) is 20.2 Å². The van der Waals surface area contributed by atoms with E-state index < -0.39 is 5.91 Å². The first-order valence-corrected chi connectivity index (χ1v) is 11.1. The summed E-state index contributed by atoms with van der Waals surface area (Å²) in [5, 5.41) is 1.57. The quantitative estimate of drug-likeness (QED) is 0.580. The first kappa shape index (κ1) is 20.3. The van der Waals surface area contributed by atoms with Crippen LogP contribution in [0.4, 0.5) is 0 Å². The number of nitrogens with two attached hydrogens (primary N) is 1. The highest BCUT2D eigenvalue weighted by Crippen LogP contribution is 2.56. The molecule has 2 fully saturated rings. The normalized spacial score (nSPS) is 19.8. The minimum atomic E-state index is -0.424. The fourth-order valence-corrected chi connectivity index (χ4v) is 5.01. The Kier molecular flexibility index (Phi) is 4.91. The highest BCUT2D eigenvalue weighted by molar-refractivity contribution is 6.29. The molecule has 6 heteroatoms. The van der Waals surface area contributed by atoms with E-state index in [1.807, 2.05) is 31.2 Å². The third-order valence-electron chi connectivity index (χ3n) is 7.01. The van der Waals surface area contributed by atoms with Crippen LogP contribution in [0.25, 0.3) is 10.9 Å². The molecule has 1 amide bonds. The zero-order valence-electron chi connectivity index (χ0n) is 17.8. The Hall–Kier alpha value is -2.63. The molecule has 3 aromatic rings. The third kappa shape index (κ3) is 3.46. The fraction of sp³-hybridized carbons (Fsp3) is 0.360. The largest absolute Gasteiger partial charge is 0.492 e. The summed E-state index contributed by atoms with van der Waals surface area (Å²) in [5.74, 6) is 0.287. The van der Waals surface area contributed by atoms with Crippen LogP contribution in [0.3, 0.4) is 0 Å². The van der Waals surface area contributed by atoms with Crippen molar-refractivity contribution in [1.82, 2.24) is 9.88 Å². The summed E-state index contributed by atoms with van der Waals surface area (Å²) in [6, 6.07) is 14.4. The monoisotopic (exact) mass is 435 g/mol. The van der Waals surface area contributed by atoms with Gasteiger partial charge in [-0.2, -0.15) is 0 Å². The van der Waals surface area contributed by atoms with E-state index in [0.717, 1.165) is 47.8 Å². The Bertz CT molecular complexity index is 1190.